The SMILES string of the molecule is C1=Nc2cncc[n+]2CC1. The zero-order valence-electron chi connectivity index (χ0n) is 5.57. The van der Waals surface area contributed by atoms with Crippen LogP contribution < -0.4 is 4.57 Å². The van der Waals surface area contributed by atoms with Gasteiger partial charge in [0.25, 0.3) is 0 Å². The van der Waals surface area contributed by atoms with E-state index in [1.54, 1.807) is 12.4 Å². The monoisotopic (exact) mass is 134 g/mol. The lowest BCUT2D eigenvalue weighted by atomic mass is 10.4. The molecule has 3 nitrogen and oxygen atoms in total. The molecule has 3 heteroatoms. The van der Waals surface area contributed by atoms with Gasteiger partial charge >= 0.3 is 5.82 Å². The maximum atomic E-state index is 4.17. The summed E-state index contributed by atoms with van der Waals surface area (Å²) in [5.41, 5.74) is 0. The Kier molecular flexibility index (Phi) is 1.20. The molecule has 0 fully saturated rings. The lowest BCUT2D eigenvalue weighted by Crippen LogP contribution is -2.35. The molecule has 0 radical (unpaired) electrons. The van der Waals surface area contributed by atoms with Crippen LogP contribution in [-0.4, -0.2) is 11.2 Å². The Morgan fingerprint density at radius 1 is 1.50 bits per heavy atom. The van der Waals surface area contributed by atoms with Crippen molar-refractivity contribution in [1.29, 1.82) is 0 Å². The molecule has 0 aliphatic carbocycles. The molecular formula is C7H8N3+. The van der Waals surface area contributed by atoms with Crippen molar-refractivity contribution in [3.63, 3.8) is 0 Å². The Morgan fingerprint density at radius 3 is 3.40 bits per heavy atom. The van der Waals surface area contributed by atoms with Crippen LogP contribution in [0.15, 0.2) is 23.6 Å². The fraction of sp³-hybridized carbons (Fsp3) is 0.286. The highest BCUT2D eigenvalue weighted by molar-refractivity contribution is 5.61. The van der Waals surface area contributed by atoms with Crippen LogP contribution in [0.25, 0.3) is 0 Å². The third-order valence-electron chi connectivity index (χ3n) is 1.54. The first-order valence-electron chi connectivity index (χ1n) is 3.33. The number of hydrogen-bond donors (Lipinski definition) is 0. The van der Waals surface area contributed by atoms with Gasteiger partial charge in [-0.3, -0.25) is 4.98 Å². The largest absolute Gasteiger partial charge is 0.340 e. The van der Waals surface area contributed by atoms with Crippen LogP contribution in [0.3, 0.4) is 0 Å². The molecule has 0 spiro atoms. The minimum Gasteiger partial charge on any atom is -0.252 e. The summed E-state index contributed by atoms with van der Waals surface area (Å²) in [6.45, 7) is 1.03. The van der Waals surface area contributed by atoms with Crippen LogP contribution in [0.4, 0.5) is 5.82 Å². The molecule has 0 aromatic carbocycles. The van der Waals surface area contributed by atoms with E-state index in [0.717, 1.165) is 18.8 Å². The van der Waals surface area contributed by atoms with Gasteiger partial charge in [0.2, 0.25) is 0 Å². The molecule has 1 aliphatic heterocycles. The van der Waals surface area contributed by atoms with Crippen LogP contribution in [0, 0.1) is 0 Å². The van der Waals surface area contributed by atoms with E-state index in [0.29, 0.717) is 0 Å². The zero-order chi connectivity index (χ0) is 6.81. The molecule has 0 amide bonds. The Labute approximate surface area is 59.1 Å². The Balaban J connectivity index is 2.54. The lowest BCUT2D eigenvalue weighted by Gasteiger charge is -2.00. The van der Waals surface area contributed by atoms with Crippen molar-refractivity contribution < 1.29 is 4.57 Å². The van der Waals surface area contributed by atoms with Gasteiger partial charge in [-0.15, -0.1) is 0 Å². The average molecular weight is 134 g/mol. The van der Waals surface area contributed by atoms with Crippen LogP contribution in [0.2, 0.25) is 0 Å². The second-order valence-corrected chi connectivity index (χ2v) is 2.23. The number of rotatable bonds is 0. The van der Waals surface area contributed by atoms with Crippen molar-refractivity contribution in [2.45, 2.75) is 13.0 Å². The highest BCUT2D eigenvalue weighted by atomic mass is 15.1. The van der Waals surface area contributed by atoms with Crippen molar-refractivity contribution in [3.05, 3.63) is 18.6 Å². The first-order valence-corrected chi connectivity index (χ1v) is 3.33. The summed E-state index contributed by atoms with van der Waals surface area (Å²) < 4.78 is 2.09. The summed E-state index contributed by atoms with van der Waals surface area (Å²) in [5.74, 6) is 0.953. The van der Waals surface area contributed by atoms with Gasteiger partial charge in [-0.1, -0.05) is 4.99 Å². The molecular weight excluding hydrogens is 126 g/mol. The van der Waals surface area contributed by atoms with Gasteiger partial charge in [0.05, 0.1) is 12.7 Å². The second kappa shape index (κ2) is 2.17. The average Bonchev–Trinajstić information content (AvgIpc) is 2.05. The van der Waals surface area contributed by atoms with Crippen molar-refractivity contribution in [3.8, 4) is 0 Å². The number of aliphatic imine (C=N–C) groups is 1. The third kappa shape index (κ3) is 0.795. The van der Waals surface area contributed by atoms with Gasteiger partial charge in [-0.05, 0) is 0 Å². The summed E-state index contributed by atoms with van der Waals surface area (Å²) >= 11 is 0. The molecule has 0 bridgehead atoms. The molecule has 2 rings (SSSR count). The van der Waals surface area contributed by atoms with Crippen molar-refractivity contribution in [2.24, 2.45) is 4.99 Å². The smallest absolute Gasteiger partial charge is 0.252 e. The van der Waals surface area contributed by atoms with Crippen LogP contribution in [0.5, 0.6) is 0 Å². The fourth-order valence-corrected chi connectivity index (χ4v) is 1.03. The number of aryl methyl sites for hydroxylation is 1. The molecule has 1 aromatic rings. The van der Waals surface area contributed by atoms with E-state index < -0.39 is 0 Å². The number of hydrogen-bond acceptors (Lipinski definition) is 2. The predicted octanol–water partition coefficient (Wildman–Crippen LogP) is 0.475. The van der Waals surface area contributed by atoms with Crippen LogP contribution in [-0.2, 0) is 6.54 Å². The fourth-order valence-electron chi connectivity index (χ4n) is 1.03. The number of aromatic nitrogens is 2. The third-order valence-corrected chi connectivity index (χ3v) is 1.54. The lowest BCUT2D eigenvalue weighted by molar-refractivity contribution is -0.684. The van der Waals surface area contributed by atoms with E-state index in [1.165, 1.54) is 0 Å². The summed E-state index contributed by atoms with van der Waals surface area (Å²) in [6.07, 6.45) is 8.46. The van der Waals surface area contributed by atoms with Gasteiger partial charge in [-0.25, -0.2) is 4.57 Å². The molecule has 0 atom stereocenters. The van der Waals surface area contributed by atoms with E-state index in [-0.39, 0.29) is 0 Å². The summed E-state index contributed by atoms with van der Waals surface area (Å²) in [6, 6.07) is 0. The summed E-state index contributed by atoms with van der Waals surface area (Å²) in [4.78, 5) is 8.13. The molecule has 2 heterocycles. The molecule has 0 N–H and O–H groups in total. The Morgan fingerprint density at radius 2 is 2.50 bits per heavy atom. The van der Waals surface area contributed by atoms with Crippen molar-refractivity contribution >= 4 is 12.0 Å². The molecule has 10 heavy (non-hydrogen) atoms. The first-order chi connectivity index (χ1) is 4.97. The highest BCUT2D eigenvalue weighted by Crippen LogP contribution is 2.03. The van der Waals surface area contributed by atoms with E-state index >= 15 is 0 Å². The molecule has 0 saturated heterocycles. The normalized spacial score (nSPS) is 14.8. The van der Waals surface area contributed by atoms with Crippen LogP contribution >= 0.6 is 0 Å². The number of fused-ring (bicyclic) bond motifs is 1. The molecule has 50 valence electrons. The predicted molar refractivity (Wildman–Crippen MR) is 37.2 cm³/mol. The summed E-state index contributed by atoms with van der Waals surface area (Å²) in [5, 5.41) is 0. The minimum atomic E-state index is 0.953. The van der Waals surface area contributed by atoms with Gasteiger partial charge < -0.3 is 0 Å². The molecule has 0 saturated carbocycles. The maximum Gasteiger partial charge on any atom is 0.340 e. The highest BCUT2D eigenvalue weighted by Gasteiger charge is 2.10. The molecule has 0 unspecified atom stereocenters. The minimum absolute atomic E-state index is 0.953. The standard InChI is InChI=1S/C7H8N3/c1-2-9-7-6-8-3-5-10(7)4-1/h2-3,5-6H,1,4H2/q+1. The maximum absolute atomic E-state index is 4.17. The van der Waals surface area contributed by atoms with E-state index in [4.69, 9.17) is 0 Å². The van der Waals surface area contributed by atoms with Gasteiger partial charge in [0.1, 0.15) is 18.6 Å². The van der Waals surface area contributed by atoms with Crippen molar-refractivity contribution in [2.75, 3.05) is 0 Å². The van der Waals surface area contributed by atoms with E-state index in [9.17, 15) is 0 Å². The van der Waals surface area contributed by atoms with Gasteiger partial charge in [0, 0.05) is 6.42 Å². The molecule has 1 aromatic heterocycles. The van der Waals surface area contributed by atoms with E-state index in [2.05, 4.69) is 14.5 Å². The first kappa shape index (κ1) is 5.53. The van der Waals surface area contributed by atoms with Gasteiger partial charge in [-0.2, -0.15) is 0 Å². The number of nitrogens with zero attached hydrogens (tertiary/aromatic N) is 3. The topological polar surface area (TPSA) is 29.1 Å². The quantitative estimate of drug-likeness (QED) is 0.474. The second-order valence-electron chi connectivity index (χ2n) is 2.23. The molecule has 1 aliphatic rings. The Hall–Kier alpha value is -1.25. The van der Waals surface area contributed by atoms with Crippen molar-refractivity contribution in [1.82, 2.24) is 4.98 Å². The van der Waals surface area contributed by atoms with Gasteiger partial charge in [0.15, 0.2) is 0 Å². The van der Waals surface area contributed by atoms with Crippen LogP contribution in [0.1, 0.15) is 6.42 Å². The zero-order valence-corrected chi connectivity index (χ0v) is 5.57. The Bertz CT molecular complexity index is 267. The summed E-state index contributed by atoms with van der Waals surface area (Å²) in [7, 11) is 0. The van der Waals surface area contributed by atoms with E-state index in [1.807, 2.05) is 12.4 Å².